The van der Waals surface area contributed by atoms with Gasteiger partial charge in [-0.3, -0.25) is 9.69 Å². The summed E-state index contributed by atoms with van der Waals surface area (Å²) in [6, 6.07) is 15.5. The van der Waals surface area contributed by atoms with Gasteiger partial charge in [0.25, 0.3) is 5.91 Å². The highest BCUT2D eigenvalue weighted by Gasteiger charge is 2.21. The van der Waals surface area contributed by atoms with Crippen molar-refractivity contribution in [1.82, 2.24) is 9.80 Å². The molecule has 5 heteroatoms. The minimum atomic E-state index is 0.0634. The third kappa shape index (κ3) is 4.66. The van der Waals surface area contributed by atoms with Crippen molar-refractivity contribution in [1.29, 1.82) is 5.26 Å². The number of ether oxygens (including phenoxy) is 1. The van der Waals surface area contributed by atoms with E-state index in [0.717, 1.165) is 43.9 Å². The van der Waals surface area contributed by atoms with E-state index in [2.05, 4.69) is 11.0 Å². The van der Waals surface area contributed by atoms with Crippen LogP contribution in [-0.4, -0.2) is 49.0 Å². The molecule has 2 aromatic rings. The number of nitrogens with zero attached hydrogens (tertiary/aromatic N) is 3. The zero-order chi connectivity index (χ0) is 19.2. The van der Waals surface area contributed by atoms with Crippen LogP contribution in [0.15, 0.2) is 42.5 Å². The predicted molar refractivity (Wildman–Crippen MR) is 105 cm³/mol. The van der Waals surface area contributed by atoms with Gasteiger partial charge in [-0.2, -0.15) is 5.26 Å². The Morgan fingerprint density at radius 3 is 2.59 bits per heavy atom. The van der Waals surface area contributed by atoms with Crippen LogP contribution in [-0.2, 0) is 6.54 Å². The number of methoxy groups -OCH3 is 1. The first-order valence-electron chi connectivity index (χ1n) is 9.26. The molecule has 1 saturated heterocycles. The summed E-state index contributed by atoms with van der Waals surface area (Å²) < 4.78 is 5.35. The van der Waals surface area contributed by atoms with E-state index in [0.29, 0.717) is 17.7 Å². The molecule has 1 amide bonds. The Kier molecular flexibility index (Phi) is 6.10. The van der Waals surface area contributed by atoms with Crippen molar-refractivity contribution in [2.45, 2.75) is 19.9 Å². The van der Waals surface area contributed by atoms with E-state index in [4.69, 9.17) is 10.00 Å². The van der Waals surface area contributed by atoms with E-state index < -0.39 is 0 Å². The summed E-state index contributed by atoms with van der Waals surface area (Å²) in [6.45, 7) is 6.09. The van der Waals surface area contributed by atoms with Crippen molar-refractivity contribution in [3.8, 4) is 11.8 Å². The number of hydrogen-bond donors (Lipinski definition) is 0. The van der Waals surface area contributed by atoms with Crippen LogP contribution in [0.4, 0.5) is 0 Å². The smallest absolute Gasteiger partial charge is 0.254 e. The van der Waals surface area contributed by atoms with Gasteiger partial charge in [0.2, 0.25) is 0 Å². The van der Waals surface area contributed by atoms with E-state index in [1.54, 1.807) is 7.11 Å². The van der Waals surface area contributed by atoms with Gasteiger partial charge in [-0.1, -0.05) is 18.2 Å². The Bertz CT molecular complexity index is 840. The second-order valence-corrected chi connectivity index (χ2v) is 6.92. The monoisotopic (exact) mass is 363 g/mol. The van der Waals surface area contributed by atoms with Crippen LogP contribution in [0, 0.1) is 18.3 Å². The molecule has 0 N–H and O–H groups in total. The van der Waals surface area contributed by atoms with Crippen LogP contribution in [0.5, 0.6) is 5.75 Å². The maximum Gasteiger partial charge on any atom is 0.254 e. The van der Waals surface area contributed by atoms with E-state index in [9.17, 15) is 4.79 Å². The molecule has 0 aromatic heterocycles. The predicted octanol–water partition coefficient (Wildman–Crippen LogP) is 3.22. The average Bonchev–Trinajstić information content (AvgIpc) is 2.94. The summed E-state index contributed by atoms with van der Waals surface area (Å²) in [5.41, 5.74) is 3.58. The number of aryl methyl sites for hydroxylation is 1. The highest BCUT2D eigenvalue weighted by atomic mass is 16.5. The number of rotatable bonds is 4. The lowest BCUT2D eigenvalue weighted by atomic mass is 10.1. The topological polar surface area (TPSA) is 56.6 Å². The van der Waals surface area contributed by atoms with Gasteiger partial charge < -0.3 is 9.64 Å². The van der Waals surface area contributed by atoms with Gasteiger partial charge in [0.1, 0.15) is 5.75 Å². The first-order chi connectivity index (χ1) is 13.1. The molecule has 140 valence electrons. The third-order valence-corrected chi connectivity index (χ3v) is 5.02. The fourth-order valence-corrected chi connectivity index (χ4v) is 3.41. The van der Waals surface area contributed by atoms with Crippen molar-refractivity contribution in [2.24, 2.45) is 0 Å². The molecule has 0 aliphatic carbocycles. The van der Waals surface area contributed by atoms with Crippen LogP contribution in [0.2, 0.25) is 0 Å². The van der Waals surface area contributed by atoms with Gasteiger partial charge in [0.05, 0.1) is 18.7 Å². The van der Waals surface area contributed by atoms with Crippen molar-refractivity contribution >= 4 is 5.91 Å². The normalized spacial score (nSPS) is 15.1. The van der Waals surface area contributed by atoms with Gasteiger partial charge in [0, 0.05) is 38.3 Å². The van der Waals surface area contributed by atoms with E-state index >= 15 is 0 Å². The van der Waals surface area contributed by atoms with Crippen LogP contribution in [0.1, 0.15) is 33.5 Å². The third-order valence-electron chi connectivity index (χ3n) is 5.02. The van der Waals surface area contributed by atoms with E-state index in [-0.39, 0.29) is 5.91 Å². The zero-order valence-electron chi connectivity index (χ0n) is 15.9. The second-order valence-electron chi connectivity index (χ2n) is 6.92. The molecule has 0 unspecified atom stereocenters. The molecule has 2 aromatic carbocycles. The molecule has 0 spiro atoms. The standard InChI is InChI=1S/C22H25N3O2/c1-17-4-9-20(14-21(17)27-2)22(26)25-11-3-10-24(12-13-25)16-19-7-5-18(15-23)6-8-19/h4-9,14H,3,10-13,16H2,1-2H3. The minimum absolute atomic E-state index is 0.0634. The maximum atomic E-state index is 12.9. The number of amides is 1. The van der Waals surface area contributed by atoms with Crippen molar-refractivity contribution in [3.05, 3.63) is 64.7 Å². The molecule has 1 heterocycles. The summed E-state index contributed by atoms with van der Waals surface area (Å²) in [5, 5.41) is 8.90. The molecular weight excluding hydrogens is 338 g/mol. The summed E-state index contributed by atoms with van der Waals surface area (Å²) in [4.78, 5) is 17.2. The number of carbonyl (C=O) groups is 1. The first-order valence-corrected chi connectivity index (χ1v) is 9.26. The van der Waals surface area contributed by atoms with Crippen LogP contribution >= 0.6 is 0 Å². The van der Waals surface area contributed by atoms with Crippen molar-refractivity contribution in [3.63, 3.8) is 0 Å². The average molecular weight is 363 g/mol. The van der Waals surface area contributed by atoms with E-state index in [1.165, 1.54) is 5.56 Å². The molecule has 1 fully saturated rings. The lowest BCUT2D eigenvalue weighted by molar-refractivity contribution is 0.0760. The molecule has 5 nitrogen and oxygen atoms in total. The summed E-state index contributed by atoms with van der Waals surface area (Å²) in [5.74, 6) is 0.812. The van der Waals surface area contributed by atoms with Crippen molar-refractivity contribution in [2.75, 3.05) is 33.3 Å². The molecule has 3 rings (SSSR count). The van der Waals surface area contributed by atoms with Gasteiger partial charge in [0.15, 0.2) is 0 Å². The Labute approximate surface area is 160 Å². The Balaban J connectivity index is 1.62. The van der Waals surface area contributed by atoms with Gasteiger partial charge in [-0.15, -0.1) is 0 Å². The largest absolute Gasteiger partial charge is 0.496 e. The van der Waals surface area contributed by atoms with E-state index in [1.807, 2.05) is 54.3 Å². The minimum Gasteiger partial charge on any atom is -0.496 e. The fraction of sp³-hybridized carbons (Fsp3) is 0.364. The Hall–Kier alpha value is -2.84. The molecule has 0 atom stereocenters. The summed E-state index contributed by atoms with van der Waals surface area (Å²) in [6.07, 6.45) is 0.949. The summed E-state index contributed by atoms with van der Waals surface area (Å²) in [7, 11) is 1.63. The quantitative estimate of drug-likeness (QED) is 0.837. The van der Waals surface area contributed by atoms with Gasteiger partial charge >= 0.3 is 0 Å². The van der Waals surface area contributed by atoms with Crippen LogP contribution in [0.3, 0.4) is 0 Å². The zero-order valence-corrected chi connectivity index (χ0v) is 15.9. The SMILES string of the molecule is COc1cc(C(=O)N2CCCN(Cc3ccc(C#N)cc3)CC2)ccc1C. The molecule has 1 aliphatic rings. The number of carbonyl (C=O) groups excluding carboxylic acids is 1. The first kappa shape index (κ1) is 18.9. The maximum absolute atomic E-state index is 12.9. The fourth-order valence-electron chi connectivity index (χ4n) is 3.41. The molecular formula is C22H25N3O2. The lowest BCUT2D eigenvalue weighted by Crippen LogP contribution is -2.35. The number of nitriles is 1. The number of hydrogen-bond acceptors (Lipinski definition) is 4. The Morgan fingerprint density at radius 1 is 1.11 bits per heavy atom. The second kappa shape index (κ2) is 8.70. The highest BCUT2D eigenvalue weighted by Crippen LogP contribution is 2.20. The Morgan fingerprint density at radius 2 is 1.89 bits per heavy atom. The molecule has 27 heavy (non-hydrogen) atoms. The van der Waals surface area contributed by atoms with Gasteiger partial charge in [-0.25, -0.2) is 0 Å². The number of benzene rings is 2. The summed E-state index contributed by atoms with van der Waals surface area (Å²) >= 11 is 0. The highest BCUT2D eigenvalue weighted by molar-refractivity contribution is 5.94. The molecule has 0 bridgehead atoms. The molecule has 1 aliphatic heterocycles. The molecule has 0 saturated carbocycles. The van der Waals surface area contributed by atoms with Gasteiger partial charge in [-0.05, 0) is 48.7 Å². The lowest BCUT2D eigenvalue weighted by Gasteiger charge is -2.22. The van der Waals surface area contributed by atoms with Crippen molar-refractivity contribution < 1.29 is 9.53 Å². The van der Waals surface area contributed by atoms with Crippen LogP contribution < -0.4 is 4.74 Å². The van der Waals surface area contributed by atoms with Crippen LogP contribution in [0.25, 0.3) is 0 Å². The molecule has 0 radical (unpaired) electrons.